The Kier molecular flexibility index (Phi) is 7.13. The Bertz CT molecular complexity index is 1410. The van der Waals surface area contributed by atoms with Crippen LogP contribution in [0, 0.1) is 6.92 Å². The van der Waals surface area contributed by atoms with Crippen LogP contribution in [0.2, 0.25) is 0 Å². The minimum Gasteiger partial charge on any atom is -0.494 e. The van der Waals surface area contributed by atoms with Gasteiger partial charge in [0.15, 0.2) is 5.76 Å². The van der Waals surface area contributed by atoms with Crippen LogP contribution in [0.25, 0.3) is 17.3 Å². The molecule has 0 saturated heterocycles. The van der Waals surface area contributed by atoms with Gasteiger partial charge in [-0.25, -0.2) is 8.42 Å². The van der Waals surface area contributed by atoms with Gasteiger partial charge in [-0.15, -0.1) is 10.2 Å². The number of rotatable bonds is 9. The molecule has 1 atom stereocenters. The number of para-hydroxylation sites is 1. The van der Waals surface area contributed by atoms with Gasteiger partial charge < -0.3 is 13.9 Å². The van der Waals surface area contributed by atoms with E-state index in [0.29, 0.717) is 34.4 Å². The number of hydrogen-bond acceptors (Lipinski definition) is 8. The Morgan fingerprint density at radius 3 is 2.37 bits per heavy atom. The van der Waals surface area contributed by atoms with Gasteiger partial charge in [-0.2, -0.15) is 0 Å². The van der Waals surface area contributed by atoms with Gasteiger partial charge in [0.1, 0.15) is 22.9 Å². The third kappa shape index (κ3) is 5.17. The maximum atomic E-state index is 13.3. The van der Waals surface area contributed by atoms with Crippen molar-refractivity contribution in [2.45, 2.75) is 25.5 Å². The molecule has 0 radical (unpaired) electrons. The molecule has 0 aliphatic rings. The molecular weight excluding hydrogens is 538 g/mol. The van der Waals surface area contributed by atoms with Crippen LogP contribution in [-0.2, 0) is 16.4 Å². The number of halogens is 1. The Hall–Kier alpha value is -3.38. The summed E-state index contributed by atoms with van der Waals surface area (Å²) < 4.78 is 48.4. The van der Waals surface area contributed by atoms with E-state index in [4.69, 9.17) is 13.9 Å². The van der Waals surface area contributed by atoms with Crippen LogP contribution in [0.4, 0.5) is 5.95 Å². The molecule has 35 heavy (non-hydrogen) atoms. The van der Waals surface area contributed by atoms with Crippen molar-refractivity contribution in [3.8, 4) is 28.8 Å². The van der Waals surface area contributed by atoms with E-state index in [1.54, 1.807) is 56.4 Å². The normalized spacial score (nSPS) is 12.4. The summed E-state index contributed by atoms with van der Waals surface area (Å²) in [5.41, 5.74) is 1.07. The lowest BCUT2D eigenvalue weighted by atomic mass is 10.2. The van der Waals surface area contributed by atoms with Gasteiger partial charge in [-0.05, 0) is 66.2 Å². The Morgan fingerprint density at radius 1 is 1.09 bits per heavy atom. The first-order chi connectivity index (χ1) is 16.7. The Morgan fingerprint density at radius 2 is 1.80 bits per heavy atom. The number of nitrogens with one attached hydrogen (secondary N) is 1. The zero-order chi connectivity index (χ0) is 25.2. The molecule has 0 aliphatic heterocycles. The molecule has 1 aromatic carbocycles. The van der Waals surface area contributed by atoms with Crippen molar-refractivity contribution < 1.29 is 22.3 Å². The van der Waals surface area contributed by atoms with Crippen molar-refractivity contribution in [1.82, 2.24) is 19.7 Å². The van der Waals surface area contributed by atoms with E-state index in [-0.39, 0.29) is 18.2 Å². The average molecular weight is 562 g/mol. The molecule has 0 amide bonds. The van der Waals surface area contributed by atoms with E-state index in [1.165, 1.54) is 18.8 Å². The summed E-state index contributed by atoms with van der Waals surface area (Å²) >= 11 is 3.33. The molecule has 0 bridgehead atoms. The van der Waals surface area contributed by atoms with Gasteiger partial charge in [0.05, 0.1) is 19.5 Å². The van der Waals surface area contributed by atoms with Crippen molar-refractivity contribution in [1.29, 1.82) is 0 Å². The van der Waals surface area contributed by atoms with E-state index in [0.717, 1.165) is 4.47 Å². The summed E-state index contributed by atoms with van der Waals surface area (Å²) in [4.78, 5) is 4.28. The number of benzene rings is 1. The second-order valence-electron chi connectivity index (χ2n) is 7.73. The highest BCUT2D eigenvalue weighted by atomic mass is 79.9. The van der Waals surface area contributed by atoms with Crippen LogP contribution < -0.4 is 14.2 Å². The number of ether oxygens (including phenoxy) is 2. The number of hydrogen-bond donors (Lipinski definition) is 1. The highest BCUT2D eigenvalue weighted by Crippen LogP contribution is 2.38. The monoisotopic (exact) mass is 561 g/mol. The molecule has 10 nitrogen and oxygen atoms in total. The molecule has 3 heterocycles. The Balaban J connectivity index is 1.79. The summed E-state index contributed by atoms with van der Waals surface area (Å²) in [5.74, 6) is 2.18. The van der Waals surface area contributed by atoms with E-state index in [2.05, 4.69) is 35.8 Å². The highest BCUT2D eigenvalue weighted by Gasteiger charge is 2.29. The Labute approximate surface area is 211 Å². The maximum Gasteiger partial charge on any atom is 0.243 e. The average Bonchev–Trinajstić information content (AvgIpc) is 3.45. The zero-order valence-corrected chi connectivity index (χ0v) is 21.9. The van der Waals surface area contributed by atoms with Crippen molar-refractivity contribution >= 4 is 31.9 Å². The molecular formula is C23H24BrN5O5S. The van der Waals surface area contributed by atoms with Crippen LogP contribution in [0.3, 0.4) is 0 Å². The molecule has 1 N–H and O–H groups in total. The van der Waals surface area contributed by atoms with Crippen molar-refractivity contribution in [3.63, 3.8) is 0 Å². The SMILES string of the molecule is COc1cccc(OC)c1-n1c(NS(=O)(=O)C(C)Cc2ccc(Br)cn2)nnc1-c1ccc(C)o1. The summed E-state index contributed by atoms with van der Waals surface area (Å²) in [6, 6.07) is 12.3. The number of nitrogens with zero attached hydrogens (tertiary/aromatic N) is 4. The predicted molar refractivity (Wildman–Crippen MR) is 135 cm³/mol. The molecule has 4 rings (SSSR count). The number of aryl methyl sites for hydroxylation is 1. The van der Waals surface area contributed by atoms with Gasteiger partial charge in [-0.1, -0.05) is 6.07 Å². The predicted octanol–water partition coefficient (Wildman–Crippen LogP) is 4.38. The molecule has 184 valence electrons. The molecule has 1 unspecified atom stereocenters. The van der Waals surface area contributed by atoms with E-state index in [1.807, 2.05) is 6.07 Å². The maximum absolute atomic E-state index is 13.3. The van der Waals surface area contributed by atoms with E-state index < -0.39 is 15.3 Å². The van der Waals surface area contributed by atoms with E-state index >= 15 is 0 Å². The van der Waals surface area contributed by atoms with Gasteiger partial charge in [-0.3, -0.25) is 14.3 Å². The fourth-order valence-corrected chi connectivity index (χ4v) is 4.70. The standard InChI is InChI=1S/C23H24BrN5O5S/c1-14-8-11-20(34-14)22-26-27-23(29(22)21-18(32-3)6-5-7-19(21)33-4)28-35(30,31)15(2)12-17-10-9-16(24)13-25-17/h5-11,13,15H,12H2,1-4H3,(H,27,28). The van der Waals surface area contributed by atoms with Crippen LogP contribution in [0.15, 0.2) is 57.6 Å². The van der Waals surface area contributed by atoms with E-state index in [9.17, 15) is 8.42 Å². The lowest BCUT2D eigenvalue weighted by molar-refractivity contribution is 0.391. The van der Waals surface area contributed by atoms with Gasteiger partial charge in [0.25, 0.3) is 0 Å². The van der Waals surface area contributed by atoms with Crippen LogP contribution in [0.5, 0.6) is 11.5 Å². The smallest absolute Gasteiger partial charge is 0.243 e. The second-order valence-corrected chi connectivity index (χ2v) is 10.7. The third-order valence-corrected chi connectivity index (χ3v) is 7.46. The molecule has 4 aromatic rings. The molecule has 0 fully saturated rings. The molecule has 0 aliphatic carbocycles. The lowest BCUT2D eigenvalue weighted by Gasteiger charge is -2.18. The van der Waals surface area contributed by atoms with Crippen LogP contribution in [-0.4, -0.2) is 47.6 Å². The number of aromatic nitrogens is 4. The van der Waals surface area contributed by atoms with Gasteiger partial charge in [0, 0.05) is 22.8 Å². The van der Waals surface area contributed by atoms with Crippen molar-refractivity contribution in [2.24, 2.45) is 0 Å². The number of furan rings is 1. The molecule has 0 spiro atoms. The number of sulfonamides is 1. The lowest BCUT2D eigenvalue weighted by Crippen LogP contribution is -2.28. The first-order valence-electron chi connectivity index (χ1n) is 10.6. The zero-order valence-electron chi connectivity index (χ0n) is 19.5. The second kappa shape index (κ2) is 10.1. The third-order valence-electron chi connectivity index (χ3n) is 5.30. The summed E-state index contributed by atoms with van der Waals surface area (Å²) in [6.07, 6.45) is 1.84. The quantitative estimate of drug-likeness (QED) is 0.319. The first-order valence-corrected chi connectivity index (χ1v) is 12.9. The summed E-state index contributed by atoms with van der Waals surface area (Å²) in [5, 5.41) is 7.56. The number of anilines is 1. The largest absolute Gasteiger partial charge is 0.494 e. The number of methoxy groups -OCH3 is 2. The highest BCUT2D eigenvalue weighted by molar-refractivity contribution is 9.10. The summed E-state index contributed by atoms with van der Waals surface area (Å²) in [6.45, 7) is 3.41. The summed E-state index contributed by atoms with van der Waals surface area (Å²) in [7, 11) is -0.871. The van der Waals surface area contributed by atoms with Gasteiger partial charge in [0.2, 0.25) is 21.8 Å². The molecule has 12 heteroatoms. The van der Waals surface area contributed by atoms with Gasteiger partial charge >= 0.3 is 0 Å². The van der Waals surface area contributed by atoms with Crippen molar-refractivity contribution in [2.75, 3.05) is 18.9 Å². The molecule has 3 aromatic heterocycles. The molecule has 0 saturated carbocycles. The minimum absolute atomic E-state index is 0.0348. The fraction of sp³-hybridized carbons (Fsp3) is 0.261. The topological polar surface area (TPSA) is 121 Å². The minimum atomic E-state index is -3.89. The van der Waals surface area contributed by atoms with Crippen LogP contribution in [0.1, 0.15) is 18.4 Å². The van der Waals surface area contributed by atoms with Crippen LogP contribution >= 0.6 is 15.9 Å². The fourth-order valence-electron chi connectivity index (χ4n) is 3.49. The number of pyridine rings is 1. The first kappa shape index (κ1) is 24.7. The van der Waals surface area contributed by atoms with Crippen molar-refractivity contribution in [3.05, 3.63) is 64.6 Å².